The molecule has 3 unspecified atom stereocenters. The number of benzene rings is 1. The van der Waals surface area contributed by atoms with Gasteiger partial charge < -0.3 is 30.6 Å². The van der Waals surface area contributed by atoms with E-state index in [9.17, 15) is 14.4 Å². The number of hydrogen-bond acceptors (Lipinski definition) is 7. The summed E-state index contributed by atoms with van der Waals surface area (Å²) in [5, 5.41) is 5.11. The van der Waals surface area contributed by atoms with Crippen LogP contribution in [0.4, 0.5) is 0 Å². The maximum absolute atomic E-state index is 12.6. The van der Waals surface area contributed by atoms with E-state index in [1.165, 1.54) is 7.11 Å². The highest BCUT2D eigenvalue weighted by Crippen LogP contribution is 2.29. The number of carbonyl (C=O) groups excluding carboxylic acids is 3. The summed E-state index contributed by atoms with van der Waals surface area (Å²) < 4.78 is 14.3. The van der Waals surface area contributed by atoms with Crippen LogP contribution < -0.4 is 16.4 Å². The fourth-order valence-electron chi connectivity index (χ4n) is 2.48. The standard InChI is InChI=1S/C18H25N3O5.C2H6O/c1-18(11-26-18)16(23)14(8-12-6-4-3-5-7-12)21-15(22)9-20-17(24)13(19)10-25-2;1-3-2/h3-7,13-14H,8-11,19H2,1-2H3,(H,20,24)(H,21,22);1-2H3. The highest BCUT2D eigenvalue weighted by atomic mass is 16.6. The second kappa shape index (κ2) is 12.3. The highest BCUT2D eigenvalue weighted by molar-refractivity contribution is 5.97. The number of nitrogens with two attached hydrogens (primary N) is 1. The number of ketones is 1. The molecule has 0 radical (unpaired) electrons. The number of epoxide rings is 1. The molecule has 162 valence electrons. The van der Waals surface area contributed by atoms with Crippen molar-refractivity contribution in [1.82, 2.24) is 10.6 Å². The minimum atomic E-state index is -0.853. The van der Waals surface area contributed by atoms with Gasteiger partial charge in [0.15, 0.2) is 5.78 Å². The maximum Gasteiger partial charge on any atom is 0.239 e. The van der Waals surface area contributed by atoms with Gasteiger partial charge in [-0.3, -0.25) is 14.4 Å². The summed E-state index contributed by atoms with van der Waals surface area (Å²) in [6, 6.07) is 7.79. The van der Waals surface area contributed by atoms with Crippen LogP contribution in [0.5, 0.6) is 0 Å². The van der Waals surface area contributed by atoms with E-state index in [0.717, 1.165) is 5.56 Å². The number of Topliss-reactive ketones (excluding diaryl/α,β-unsaturated/α-hetero) is 1. The third-order valence-corrected chi connectivity index (χ3v) is 4.14. The Kier molecular flexibility index (Phi) is 10.5. The van der Waals surface area contributed by atoms with Gasteiger partial charge in [-0.15, -0.1) is 0 Å². The Balaban J connectivity index is 0.00000132. The summed E-state index contributed by atoms with van der Waals surface area (Å²) in [6.07, 6.45) is 0.349. The minimum Gasteiger partial charge on any atom is -0.388 e. The zero-order chi connectivity index (χ0) is 21.9. The smallest absolute Gasteiger partial charge is 0.239 e. The van der Waals surface area contributed by atoms with Gasteiger partial charge in [0.25, 0.3) is 0 Å². The molecule has 3 atom stereocenters. The molecule has 1 heterocycles. The zero-order valence-corrected chi connectivity index (χ0v) is 17.4. The number of ether oxygens (including phenoxy) is 3. The summed E-state index contributed by atoms with van der Waals surface area (Å²) in [5.74, 6) is -1.15. The monoisotopic (exact) mass is 409 g/mol. The van der Waals surface area contributed by atoms with Crippen molar-refractivity contribution >= 4 is 17.6 Å². The fourth-order valence-corrected chi connectivity index (χ4v) is 2.48. The van der Waals surface area contributed by atoms with E-state index in [-0.39, 0.29) is 18.9 Å². The van der Waals surface area contributed by atoms with E-state index in [1.807, 2.05) is 30.3 Å². The van der Waals surface area contributed by atoms with Crippen LogP contribution in [0.25, 0.3) is 0 Å². The van der Waals surface area contributed by atoms with Gasteiger partial charge in [0.05, 0.1) is 25.8 Å². The van der Waals surface area contributed by atoms with Crippen LogP contribution in [0.1, 0.15) is 12.5 Å². The Hall–Kier alpha value is -2.33. The van der Waals surface area contributed by atoms with Crippen molar-refractivity contribution in [2.24, 2.45) is 5.73 Å². The van der Waals surface area contributed by atoms with Crippen molar-refractivity contribution in [1.29, 1.82) is 0 Å². The predicted octanol–water partition coefficient (Wildman–Crippen LogP) is -0.576. The first-order valence-corrected chi connectivity index (χ1v) is 9.21. The zero-order valence-electron chi connectivity index (χ0n) is 17.4. The molecule has 4 N–H and O–H groups in total. The average Bonchev–Trinajstić information content (AvgIpc) is 3.45. The maximum atomic E-state index is 12.6. The van der Waals surface area contributed by atoms with Gasteiger partial charge in [0.2, 0.25) is 11.8 Å². The van der Waals surface area contributed by atoms with E-state index in [2.05, 4.69) is 15.4 Å². The number of methoxy groups -OCH3 is 2. The lowest BCUT2D eigenvalue weighted by atomic mass is 9.95. The topological polar surface area (TPSA) is 132 Å². The molecule has 0 bridgehead atoms. The first kappa shape index (κ1) is 24.7. The van der Waals surface area contributed by atoms with Crippen LogP contribution in [-0.2, 0) is 35.0 Å². The predicted molar refractivity (Wildman–Crippen MR) is 107 cm³/mol. The average molecular weight is 409 g/mol. The Morgan fingerprint density at radius 3 is 2.31 bits per heavy atom. The lowest BCUT2D eigenvalue weighted by Crippen LogP contribution is -2.51. The van der Waals surface area contributed by atoms with Crippen LogP contribution in [0.15, 0.2) is 30.3 Å². The van der Waals surface area contributed by atoms with E-state index in [4.69, 9.17) is 15.2 Å². The summed E-state index contributed by atoms with van der Waals surface area (Å²) in [7, 11) is 4.68. The van der Waals surface area contributed by atoms with Gasteiger partial charge in [-0.25, -0.2) is 0 Å². The summed E-state index contributed by atoms with van der Waals surface area (Å²) in [5.41, 5.74) is 5.66. The third kappa shape index (κ3) is 8.70. The van der Waals surface area contributed by atoms with Crippen molar-refractivity contribution in [3.63, 3.8) is 0 Å². The van der Waals surface area contributed by atoms with Crippen LogP contribution >= 0.6 is 0 Å². The van der Waals surface area contributed by atoms with E-state index in [0.29, 0.717) is 13.0 Å². The second-order valence-electron chi connectivity index (χ2n) is 6.88. The molecule has 2 rings (SSSR count). The molecule has 29 heavy (non-hydrogen) atoms. The van der Waals surface area contributed by atoms with Crippen molar-refractivity contribution in [3.8, 4) is 0 Å². The largest absolute Gasteiger partial charge is 0.388 e. The molecule has 0 aliphatic carbocycles. The third-order valence-electron chi connectivity index (χ3n) is 4.14. The Bertz CT molecular complexity index is 663. The molecule has 1 fully saturated rings. The van der Waals surface area contributed by atoms with Crippen LogP contribution in [0.2, 0.25) is 0 Å². The summed E-state index contributed by atoms with van der Waals surface area (Å²) in [6.45, 7) is 1.82. The van der Waals surface area contributed by atoms with Gasteiger partial charge in [-0.05, 0) is 18.9 Å². The van der Waals surface area contributed by atoms with Crippen molar-refractivity contribution in [2.45, 2.75) is 31.0 Å². The van der Waals surface area contributed by atoms with Gasteiger partial charge in [-0.1, -0.05) is 30.3 Å². The molecule has 1 aromatic rings. The molecule has 1 aliphatic rings. The number of rotatable bonds is 10. The quantitative estimate of drug-likeness (QED) is 0.441. The molecule has 9 nitrogen and oxygen atoms in total. The normalized spacial score (nSPS) is 19.2. The van der Waals surface area contributed by atoms with Crippen LogP contribution in [-0.4, -0.2) is 76.4 Å². The van der Waals surface area contributed by atoms with Gasteiger partial charge >= 0.3 is 0 Å². The molecule has 9 heteroatoms. The van der Waals surface area contributed by atoms with E-state index < -0.39 is 29.5 Å². The first-order chi connectivity index (χ1) is 13.8. The number of hydrogen-bond donors (Lipinski definition) is 3. The number of amides is 2. The number of nitrogens with one attached hydrogen (secondary N) is 2. The fraction of sp³-hybridized carbons (Fsp3) is 0.550. The SMILES string of the molecule is COC.COCC(N)C(=O)NCC(=O)NC(Cc1ccccc1)C(=O)C1(C)CO1. The number of carbonyl (C=O) groups is 3. The Labute approximate surface area is 171 Å². The summed E-state index contributed by atoms with van der Waals surface area (Å²) in [4.78, 5) is 36.6. The molecule has 1 saturated heterocycles. The van der Waals surface area contributed by atoms with Gasteiger partial charge in [0.1, 0.15) is 11.6 Å². The van der Waals surface area contributed by atoms with Crippen molar-refractivity contribution in [3.05, 3.63) is 35.9 Å². The molecule has 0 spiro atoms. The van der Waals surface area contributed by atoms with Crippen LogP contribution in [0, 0.1) is 0 Å². The molecule has 2 amide bonds. The second-order valence-corrected chi connectivity index (χ2v) is 6.88. The molecule has 1 aliphatic heterocycles. The van der Waals surface area contributed by atoms with E-state index >= 15 is 0 Å². The minimum absolute atomic E-state index is 0.0538. The molecule has 0 saturated carbocycles. The molecular formula is C20H31N3O6. The Morgan fingerprint density at radius 2 is 1.79 bits per heavy atom. The lowest BCUT2D eigenvalue weighted by Gasteiger charge is -2.20. The van der Waals surface area contributed by atoms with Crippen molar-refractivity contribution < 1.29 is 28.6 Å². The lowest BCUT2D eigenvalue weighted by molar-refractivity contribution is -0.131. The van der Waals surface area contributed by atoms with Crippen molar-refractivity contribution in [2.75, 3.05) is 41.1 Å². The molecule has 0 aromatic heterocycles. The highest BCUT2D eigenvalue weighted by Gasteiger charge is 2.50. The summed E-state index contributed by atoms with van der Waals surface area (Å²) >= 11 is 0. The molecule has 1 aromatic carbocycles. The first-order valence-electron chi connectivity index (χ1n) is 9.21. The molecular weight excluding hydrogens is 378 g/mol. The van der Waals surface area contributed by atoms with E-state index in [1.54, 1.807) is 21.1 Å². The van der Waals surface area contributed by atoms with Crippen LogP contribution in [0.3, 0.4) is 0 Å². The Morgan fingerprint density at radius 1 is 1.21 bits per heavy atom. The van der Waals surface area contributed by atoms with Gasteiger partial charge in [-0.2, -0.15) is 0 Å². The van der Waals surface area contributed by atoms with Gasteiger partial charge in [0, 0.05) is 21.3 Å².